The van der Waals surface area contributed by atoms with Crippen LogP contribution >= 0.6 is 11.8 Å². The second-order valence-electron chi connectivity index (χ2n) is 4.14. The maximum absolute atomic E-state index is 11.3. The van der Waals surface area contributed by atoms with E-state index in [-0.39, 0.29) is 0 Å². The number of primary amides is 1. The monoisotopic (exact) mass is 252 g/mol. The highest BCUT2D eigenvalue weighted by Gasteiger charge is 2.17. The molecule has 1 aliphatic rings. The second-order valence-corrected chi connectivity index (χ2v) is 5.29. The quantitative estimate of drug-likeness (QED) is 0.741. The van der Waals surface area contributed by atoms with E-state index in [0.29, 0.717) is 23.0 Å². The molecule has 2 heterocycles. The van der Waals surface area contributed by atoms with Gasteiger partial charge in [0.2, 0.25) is 0 Å². The van der Waals surface area contributed by atoms with E-state index in [0.717, 1.165) is 12.3 Å². The van der Waals surface area contributed by atoms with E-state index in [9.17, 15) is 4.79 Å². The molecule has 0 bridgehead atoms. The molecule has 1 amide bonds. The van der Waals surface area contributed by atoms with Crippen LogP contribution in [0.4, 0.5) is 11.5 Å². The molecule has 5 nitrogen and oxygen atoms in total. The number of nitrogens with two attached hydrogens (primary N) is 2. The van der Waals surface area contributed by atoms with Crippen molar-refractivity contribution in [3.05, 3.63) is 17.8 Å². The smallest absolute Gasteiger partial charge is 0.252 e. The van der Waals surface area contributed by atoms with E-state index in [4.69, 9.17) is 11.5 Å². The van der Waals surface area contributed by atoms with Crippen LogP contribution in [0.2, 0.25) is 0 Å². The first-order valence-corrected chi connectivity index (χ1v) is 6.69. The summed E-state index contributed by atoms with van der Waals surface area (Å²) in [5.41, 5.74) is 11.7. The van der Waals surface area contributed by atoms with Crippen LogP contribution in [0.5, 0.6) is 0 Å². The fourth-order valence-corrected chi connectivity index (χ4v) is 3.08. The molecule has 1 aromatic rings. The molecule has 6 heteroatoms. The number of rotatable bonds is 4. The number of thioether (sulfide) groups is 1. The molecule has 1 atom stereocenters. The summed E-state index contributed by atoms with van der Waals surface area (Å²) in [6.45, 7) is 0.824. The van der Waals surface area contributed by atoms with Crippen LogP contribution in [0.15, 0.2) is 12.3 Å². The number of carbonyl (C=O) groups excluding carboxylic acids is 1. The third-order valence-electron chi connectivity index (χ3n) is 2.76. The zero-order chi connectivity index (χ0) is 12.3. The lowest BCUT2D eigenvalue weighted by molar-refractivity contribution is 0.100. The van der Waals surface area contributed by atoms with Gasteiger partial charge in [-0.05, 0) is 29.9 Å². The number of amides is 1. The molecule has 17 heavy (non-hydrogen) atoms. The lowest BCUT2D eigenvalue weighted by Crippen LogP contribution is -2.19. The number of anilines is 2. The Hall–Kier alpha value is -1.43. The van der Waals surface area contributed by atoms with Gasteiger partial charge in [-0.2, -0.15) is 11.8 Å². The molecule has 1 aliphatic heterocycles. The lowest BCUT2D eigenvalue weighted by atomic mass is 10.1. The number of nitrogens with zero attached hydrogens (tertiary/aromatic N) is 1. The zero-order valence-electron chi connectivity index (χ0n) is 9.48. The lowest BCUT2D eigenvalue weighted by Gasteiger charge is -2.12. The van der Waals surface area contributed by atoms with Crippen LogP contribution < -0.4 is 16.8 Å². The molecule has 0 radical (unpaired) electrons. The number of carbonyl (C=O) groups is 1. The van der Waals surface area contributed by atoms with Gasteiger partial charge in [0, 0.05) is 6.54 Å². The van der Waals surface area contributed by atoms with E-state index in [2.05, 4.69) is 10.3 Å². The predicted molar refractivity (Wildman–Crippen MR) is 71.1 cm³/mol. The van der Waals surface area contributed by atoms with Crippen LogP contribution in [0.1, 0.15) is 16.8 Å². The molecule has 1 unspecified atom stereocenters. The Balaban J connectivity index is 2.06. The van der Waals surface area contributed by atoms with Crippen molar-refractivity contribution in [1.82, 2.24) is 4.98 Å². The van der Waals surface area contributed by atoms with Gasteiger partial charge in [-0.15, -0.1) is 0 Å². The van der Waals surface area contributed by atoms with Gasteiger partial charge in [0.05, 0.1) is 17.4 Å². The topological polar surface area (TPSA) is 94.0 Å². The average molecular weight is 252 g/mol. The molecule has 92 valence electrons. The highest BCUT2D eigenvalue weighted by Crippen LogP contribution is 2.24. The van der Waals surface area contributed by atoms with Crippen molar-refractivity contribution in [2.45, 2.75) is 6.42 Å². The van der Waals surface area contributed by atoms with Crippen molar-refractivity contribution >= 4 is 29.2 Å². The Morgan fingerprint density at radius 2 is 2.47 bits per heavy atom. The summed E-state index contributed by atoms with van der Waals surface area (Å²) >= 11 is 1.96. The minimum absolute atomic E-state index is 0.357. The fourth-order valence-electron chi connectivity index (χ4n) is 1.79. The van der Waals surface area contributed by atoms with E-state index in [1.165, 1.54) is 18.4 Å². The van der Waals surface area contributed by atoms with Crippen molar-refractivity contribution in [1.29, 1.82) is 0 Å². The maximum atomic E-state index is 11.3. The molecule has 1 saturated heterocycles. The Morgan fingerprint density at radius 3 is 3.12 bits per heavy atom. The van der Waals surface area contributed by atoms with Crippen molar-refractivity contribution < 1.29 is 4.79 Å². The van der Waals surface area contributed by atoms with Gasteiger partial charge in [-0.3, -0.25) is 4.79 Å². The molecule has 2 rings (SSSR count). The minimum Gasteiger partial charge on any atom is -0.397 e. The predicted octanol–water partition coefficient (Wildman–Crippen LogP) is 0.928. The number of nitrogen functional groups attached to an aromatic ring is 1. The largest absolute Gasteiger partial charge is 0.397 e. The molecular weight excluding hydrogens is 236 g/mol. The number of nitrogens with one attached hydrogen (secondary N) is 1. The molecule has 0 aromatic carbocycles. The van der Waals surface area contributed by atoms with Crippen molar-refractivity contribution in [2.24, 2.45) is 11.7 Å². The first kappa shape index (κ1) is 12.0. The summed E-state index contributed by atoms with van der Waals surface area (Å²) in [7, 11) is 0. The number of pyridine rings is 1. The Bertz CT molecular complexity index is 418. The van der Waals surface area contributed by atoms with E-state index in [1.807, 2.05) is 11.8 Å². The van der Waals surface area contributed by atoms with Crippen LogP contribution in [0, 0.1) is 5.92 Å². The van der Waals surface area contributed by atoms with Gasteiger partial charge in [0.15, 0.2) is 0 Å². The third kappa shape index (κ3) is 3.03. The van der Waals surface area contributed by atoms with Gasteiger partial charge in [-0.25, -0.2) is 4.98 Å². The third-order valence-corrected chi connectivity index (χ3v) is 3.99. The maximum Gasteiger partial charge on any atom is 0.252 e. The number of hydrogen-bond acceptors (Lipinski definition) is 5. The summed E-state index contributed by atoms with van der Waals surface area (Å²) < 4.78 is 0. The number of aromatic nitrogens is 1. The summed E-state index contributed by atoms with van der Waals surface area (Å²) in [4.78, 5) is 15.4. The van der Waals surface area contributed by atoms with Gasteiger partial charge < -0.3 is 16.8 Å². The Labute approximate surface area is 104 Å². The van der Waals surface area contributed by atoms with E-state index >= 15 is 0 Å². The van der Waals surface area contributed by atoms with Gasteiger partial charge in [-0.1, -0.05) is 0 Å². The molecule has 5 N–H and O–H groups in total. The van der Waals surface area contributed by atoms with E-state index in [1.54, 1.807) is 6.07 Å². The summed E-state index contributed by atoms with van der Waals surface area (Å²) in [5.74, 6) is 3.04. The second kappa shape index (κ2) is 5.27. The van der Waals surface area contributed by atoms with Crippen molar-refractivity contribution in [3.63, 3.8) is 0 Å². The van der Waals surface area contributed by atoms with Gasteiger partial charge >= 0.3 is 0 Å². The summed E-state index contributed by atoms with van der Waals surface area (Å²) in [6, 6.07) is 1.56. The van der Waals surface area contributed by atoms with Gasteiger partial charge in [0.1, 0.15) is 5.82 Å². The fraction of sp³-hybridized carbons (Fsp3) is 0.455. The summed E-state index contributed by atoms with van der Waals surface area (Å²) in [6.07, 6.45) is 2.73. The van der Waals surface area contributed by atoms with Crippen molar-refractivity contribution in [3.8, 4) is 0 Å². The van der Waals surface area contributed by atoms with Crippen LogP contribution in [-0.2, 0) is 0 Å². The Kier molecular flexibility index (Phi) is 3.73. The molecule has 1 fully saturated rings. The molecule has 0 saturated carbocycles. The SMILES string of the molecule is NC(=O)c1cc(N)cnc1NCC1CCSC1. The van der Waals surface area contributed by atoms with E-state index < -0.39 is 5.91 Å². The van der Waals surface area contributed by atoms with Crippen molar-refractivity contribution in [2.75, 3.05) is 29.1 Å². The highest BCUT2D eigenvalue weighted by molar-refractivity contribution is 7.99. The molecule has 0 spiro atoms. The Morgan fingerprint density at radius 1 is 1.65 bits per heavy atom. The summed E-state index contributed by atoms with van der Waals surface area (Å²) in [5, 5.41) is 3.18. The van der Waals surface area contributed by atoms with Crippen LogP contribution in [0.3, 0.4) is 0 Å². The first-order chi connectivity index (χ1) is 8.16. The average Bonchev–Trinajstić information content (AvgIpc) is 2.80. The minimum atomic E-state index is -0.506. The van der Waals surface area contributed by atoms with Gasteiger partial charge in [0.25, 0.3) is 5.91 Å². The molecule has 1 aromatic heterocycles. The highest BCUT2D eigenvalue weighted by atomic mass is 32.2. The first-order valence-electron chi connectivity index (χ1n) is 5.53. The molecular formula is C11H16N4OS. The van der Waals surface area contributed by atoms with Crippen LogP contribution in [0.25, 0.3) is 0 Å². The zero-order valence-corrected chi connectivity index (χ0v) is 10.3. The van der Waals surface area contributed by atoms with Crippen LogP contribution in [-0.4, -0.2) is 28.9 Å². The standard InChI is InChI=1S/C11H16N4OS/c12-8-3-9(10(13)16)11(15-5-8)14-4-7-1-2-17-6-7/h3,5,7H,1-2,4,6,12H2,(H2,13,16)(H,14,15). The normalized spacial score (nSPS) is 19.2. The number of hydrogen-bond donors (Lipinski definition) is 3. The molecule has 0 aliphatic carbocycles.